The highest BCUT2D eigenvalue weighted by Gasteiger charge is 2.11. The third kappa shape index (κ3) is 3.01. The average molecular weight is 367 g/mol. The van der Waals surface area contributed by atoms with E-state index in [4.69, 9.17) is 0 Å². The third-order valence-electron chi connectivity index (χ3n) is 4.15. The summed E-state index contributed by atoms with van der Waals surface area (Å²) in [5.41, 5.74) is 3.86. The maximum absolute atomic E-state index is 12.4. The van der Waals surface area contributed by atoms with E-state index < -0.39 is 0 Å². The summed E-state index contributed by atoms with van der Waals surface area (Å²) in [6.45, 7) is 6.20. The second-order valence-corrected chi connectivity index (χ2v) is 7.08. The van der Waals surface area contributed by atoms with Gasteiger partial charge in [-0.2, -0.15) is 9.61 Å². The van der Waals surface area contributed by atoms with Gasteiger partial charge < -0.3 is 5.32 Å². The minimum atomic E-state index is -0.133. The first-order chi connectivity index (χ1) is 12.5. The van der Waals surface area contributed by atoms with Crippen LogP contribution in [0.25, 0.3) is 16.0 Å². The standard InChI is InChI=1S/C17H17N7OS/c1-9-10(2)20-14-8-12(4-5-13(14)19-9)16(25)18-7-6-15-23-24-11(3)21-22-17(24)26-15/h4-5,8H,6-7H2,1-3H3,(H,18,25). The normalized spacial score (nSPS) is 11.3. The number of nitrogens with one attached hydrogen (secondary N) is 1. The molecule has 0 atom stereocenters. The molecule has 0 saturated heterocycles. The van der Waals surface area contributed by atoms with Crippen LogP contribution in [0.15, 0.2) is 18.2 Å². The zero-order chi connectivity index (χ0) is 18.3. The molecule has 132 valence electrons. The van der Waals surface area contributed by atoms with Crippen molar-refractivity contribution < 1.29 is 4.79 Å². The Hall–Kier alpha value is -2.94. The number of aromatic nitrogens is 6. The summed E-state index contributed by atoms with van der Waals surface area (Å²) in [5, 5.41) is 16.3. The molecule has 1 amide bonds. The van der Waals surface area contributed by atoms with Crippen molar-refractivity contribution >= 4 is 33.2 Å². The Bertz CT molecular complexity index is 1130. The van der Waals surface area contributed by atoms with Crippen molar-refractivity contribution in [2.75, 3.05) is 6.54 Å². The minimum absolute atomic E-state index is 0.133. The molecule has 0 fully saturated rings. The number of carbonyl (C=O) groups is 1. The topological polar surface area (TPSA) is 98.0 Å². The largest absolute Gasteiger partial charge is 0.352 e. The highest BCUT2D eigenvalue weighted by molar-refractivity contribution is 7.16. The van der Waals surface area contributed by atoms with E-state index >= 15 is 0 Å². The van der Waals surface area contributed by atoms with Gasteiger partial charge in [0.2, 0.25) is 4.96 Å². The van der Waals surface area contributed by atoms with E-state index in [-0.39, 0.29) is 5.91 Å². The van der Waals surface area contributed by atoms with Crippen LogP contribution in [-0.4, -0.2) is 42.2 Å². The van der Waals surface area contributed by atoms with E-state index in [1.54, 1.807) is 16.6 Å². The molecule has 0 radical (unpaired) electrons. The van der Waals surface area contributed by atoms with E-state index in [1.165, 1.54) is 11.3 Å². The zero-order valence-corrected chi connectivity index (χ0v) is 15.5. The molecular weight excluding hydrogens is 350 g/mol. The molecule has 0 aliphatic heterocycles. The Morgan fingerprint density at radius 2 is 1.88 bits per heavy atom. The van der Waals surface area contributed by atoms with Gasteiger partial charge in [0.25, 0.3) is 5.91 Å². The Balaban J connectivity index is 1.44. The number of benzene rings is 1. The van der Waals surface area contributed by atoms with Crippen molar-refractivity contribution in [1.82, 2.24) is 35.1 Å². The first-order valence-electron chi connectivity index (χ1n) is 8.22. The predicted molar refractivity (Wildman–Crippen MR) is 98.4 cm³/mol. The Labute approximate surface area is 153 Å². The molecule has 0 saturated carbocycles. The van der Waals surface area contributed by atoms with Crippen molar-refractivity contribution in [3.63, 3.8) is 0 Å². The molecule has 26 heavy (non-hydrogen) atoms. The van der Waals surface area contributed by atoms with Gasteiger partial charge in [0.15, 0.2) is 5.82 Å². The molecule has 0 bridgehead atoms. The lowest BCUT2D eigenvalue weighted by molar-refractivity contribution is 0.0954. The molecule has 0 spiro atoms. The molecule has 4 aromatic rings. The number of nitrogens with zero attached hydrogens (tertiary/aromatic N) is 6. The fraction of sp³-hybridized carbons (Fsp3) is 0.294. The summed E-state index contributed by atoms with van der Waals surface area (Å²) in [6.07, 6.45) is 0.644. The van der Waals surface area contributed by atoms with E-state index in [0.29, 0.717) is 18.5 Å². The maximum atomic E-state index is 12.4. The summed E-state index contributed by atoms with van der Waals surface area (Å²) in [4.78, 5) is 22.2. The van der Waals surface area contributed by atoms with E-state index in [9.17, 15) is 4.79 Å². The lowest BCUT2D eigenvalue weighted by Crippen LogP contribution is -2.25. The lowest BCUT2D eigenvalue weighted by Gasteiger charge is -2.06. The number of fused-ring (bicyclic) bond motifs is 2. The lowest BCUT2D eigenvalue weighted by atomic mass is 10.1. The van der Waals surface area contributed by atoms with Crippen LogP contribution < -0.4 is 5.32 Å². The summed E-state index contributed by atoms with van der Waals surface area (Å²) in [6, 6.07) is 5.37. The highest BCUT2D eigenvalue weighted by Crippen LogP contribution is 2.15. The first kappa shape index (κ1) is 16.5. The van der Waals surface area contributed by atoms with Gasteiger partial charge in [-0.1, -0.05) is 11.3 Å². The van der Waals surface area contributed by atoms with Crippen LogP contribution in [0.3, 0.4) is 0 Å². The van der Waals surface area contributed by atoms with E-state index in [1.807, 2.05) is 26.8 Å². The second-order valence-electron chi connectivity index (χ2n) is 6.04. The van der Waals surface area contributed by atoms with Gasteiger partial charge in [-0.15, -0.1) is 10.2 Å². The van der Waals surface area contributed by atoms with Gasteiger partial charge in [-0.05, 0) is 39.0 Å². The predicted octanol–water partition coefficient (Wildman–Crippen LogP) is 2.03. The van der Waals surface area contributed by atoms with Crippen LogP contribution in [0.1, 0.15) is 32.6 Å². The molecule has 1 N–H and O–H groups in total. The number of hydrogen-bond acceptors (Lipinski definition) is 7. The monoisotopic (exact) mass is 367 g/mol. The fourth-order valence-electron chi connectivity index (χ4n) is 2.61. The number of amides is 1. The molecular formula is C17H17N7OS. The van der Waals surface area contributed by atoms with Crippen LogP contribution in [-0.2, 0) is 6.42 Å². The van der Waals surface area contributed by atoms with Gasteiger partial charge >= 0.3 is 0 Å². The summed E-state index contributed by atoms with van der Waals surface area (Å²) in [7, 11) is 0. The van der Waals surface area contributed by atoms with Crippen LogP contribution in [0.5, 0.6) is 0 Å². The molecule has 8 nitrogen and oxygen atoms in total. The second kappa shape index (κ2) is 6.41. The number of carbonyl (C=O) groups excluding carboxylic acids is 1. The molecule has 0 aliphatic rings. The van der Waals surface area contributed by atoms with Crippen molar-refractivity contribution in [3.8, 4) is 0 Å². The van der Waals surface area contributed by atoms with E-state index in [0.717, 1.165) is 38.2 Å². The molecule has 3 heterocycles. The third-order valence-corrected chi connectivity index (χ3v) is 5.11. The molecule has 9 heteroatoms. The zero-order valence-electron chi connectivity index (χ0n) is 14.6. The Kier molecular flexibility index (Phi) is 4.08. The van der Waals surface area contributed by atoms with Crippen LogP contribution in [0, 0.1) is 20.8 Å². The molecule has 3 aromatic heterocycles. The van der Waals surface area contributed by atoms with Gasteiger partial charge in [-0.3, -0.25) is 4.79 Å². The molecule has 0 aliphatic carbocycles. The van der Waals surface area contributed by atoms with Crippen molar-refractivity contribution in [3.05, 3.63) is 46.0 Å². The summed E-state index contributed by atoms with van der Waals surface area (Å²) < 4.78 is 1.72. The number of hydrogen-bond donors (Lipinski definition) is 1. The number of rotatable bonds is 4. The van der Waals surface area contributed by atoms with Crippen LogP contribution in [0.4, 0.5) is 0 Å². The summed E-state index contributed by atoms with van der Waals surface area (Å²) in [5.74, 6) is 0.625. The molecule has 4 rings (SSSR count). The SMILES string of the molecule is Cc1nc2ccc(C(=O)NCCc3nn4c(C)nnc4s3)cc2nc1C. The van der Waals surface area contributed by atoms with Gasteiger partial charge in [0.1, 0.15) is 5.01 Å². The minimum Gasteiger partial charge on any atom is -0.352 e. The van der Waals surface area contributed by atoms with E-state index in [2.05, 4.69) is 30.6 Å². The number of aryl methyl sites for hydroxylation is 3. The van der Waals surface area contributed by atoms with Crippen molar-refractivity contribution in [2.24, 2.45) is 0 Å². The molecule has 1 aromatic carbocycles. The average Bonchev–Trinajstić information content (AvgIpc) is 3.17. The van der Waals surface area contributed by atoms with Crippen molar-refractivity contribution in [1.29, 1.82) is 0 Å². The first-order valence-corrected chi connectivity index (χ1v) is 9.04. The highest BCUT2D eigenvalue weighted by atomic mass is 32.1. The Morgan fingerprint density at radius 3 is 2.65 bits per heavy atom. The Morgan fingerprint density at radius 1 is 1.12 bits per heavy atom. The van der Waals surface area contributed by atoms with Gasteiger partial charge in [0, 0.05) is 18.5 Å². The fourth-order valence-corrected chi connectivity index (χ4v) is 3.49. The van der Waals surface area contributed by atoms with Crippen LogP contribution >= 0.6 is 11.3 Å². The summed E-state index contributed by atoms with van der Waals surface area (Å²) >= 11 is 1.48. The van der Waals surface area contributed by atoms with Gasteiger partial charge in [-0.25, -0.2) is 9.97 Å². The van der Waals surface area contributed by atoms with Crippen LogP contribution in [0.2, 0.25) is 0 Å². The molecule has 0 unspecified atom stereocenters. The maximum Gasteiger partial charge on any atom is 0.251 e. The smallest absolute Gasteiger partial charge is 0.251 e. The van der Waals surface area contributed by atoms with Gasteiger partial charge in [0.05, 0.1) is 22.4 Å². The quantitative estimate of drug-likeness (QED) is 0.593. The van der Waals surface area contributed by atoms with Crippen molar-refractivity contribution in [2.45, 2.75) is 27.2 Å².